The third-order valence-electron chi connectivity index (χ3n) is 3.16. The molecule has 2 heteroatoms. The zero-order valence-electron chi connectivity index (χ0n) is 8.89. The monoisotopic (exact) mass is 231 g/mol. The Hall–Kier alpha value is -1.31. The van der Waals surface area contributed by atoms with Gasteiger partial charge in [0.2, 0.25) is 0 Å². The quantitative estimate of drug-likeness (QED) is 0.741. The molecule has 0 fully saturated rings. The minimum atomic E-state index is 0. The second-order valence-corrected chi connectivity index (χ2v) is 4.05. The Morgan fingerprint density at radius 2 is 1.25 bits per heavy atom. The number of halogens is 1. The van der Waals surface area contributed by atoms with Gasteiger partial charge in [0.1, 0.15) is 0 Å². The number of benzene rings is 2. The topological polar surface area (TPSA) is 26.0 Å². The van der Waals surface area contributed by atoms with Crippen molar-refractivity contribution < 1.29 is 0 Å². The van der Waals surface area contributed by atoms with E-state index in [2.05, 4.69) is 48.5 Å². The molecular weight excluding hydrogens is 218 g/mol. The highest BCUT2D eigenvalue weighted by molar-refractivity contribution is 5.85. The average Bonchev–Trinajstić information content (AvgIpc) is 2.30. The van der Waals surface area contributed by atoms with Crippen molar-refractivity contribution in [3.05, 3.63) is 70.8 Å². The van der Waals surface area contributed by atoms with E-state index in [-0.39, 0.29) is 18.4 Å². The molecule has 0 amide bonds. The van der Waals surface area contributed by atoms with Crippen LogP contribution in [0.25, 0.3) is 0 Å². The van der Waals surface area contributed by atoms with Gasteiger partial charge in [-0.1, -0.05) is 48.5 Å². The normalized spacial score (nSPS) is 13.6. The molecule has 3 rings (SSSR count). The third-order valence-corrected chi connectivity index (χ3v) is 3.16. The lowest BCUT2D eigenvalue weighted by molar-refractivity contribution is 0.809. The van der Waals surface area contributed by atoms with Gasteiger partial charge in [0.05, 0.1) is 6.04 Å². The molecule has 0 heterocycles. The molecule has 1 aliphatic carbocycles. The van der Waals surface area contributed by atoms with Crippen LogP contribution in [0.2, 0.25) is 0 Å². The molecule has 0 unspecified atom stereocenters. The highest BCUT2D eigenvalue weighted by Crippen LogP contribution is 2.32. The Balaban J connectivity index is 0.000000963. The lowest BCUT2D eigenvalue weighted by Crippen LogP contribution is -2.20. The molecule has 0 bridgehead atoms. The molecule has 1 nitrogen and oxygen atoms in total. The van der Waals surface area contributed by atoms with Gasteiger partial charge in [-0.3, -0.25) is 0 Å². The number of hydrogen-bond acceptors (Lipinski definition) is 1. The van der Waals surface area contributed by atoms with E-state index < -0.39 is 0 Å². The maximum absolute atomic E-state index is 6.26. The second-order valence-electron chi connectivity index (χ2n) is 4.05. The summed E-state index contributed by atoms with van der Waals surface area (Å²) in [5, 5.41) is 0. The van der Waals surface area contributed by atoms with Crippen molar-refractivity contribution in [1.29, 1.82) is 0 Å². The molecule has 0 saturated carbocycles. The van der Waals surface area contributed by atoms with Crippen molar-refractivity contribution in [2.45, 2.75) is 12.5 Å². The van der Waals surface area contributed by atoms with Crippen molar-refractivity contribution in [1.82, 2.24) is 0 Å². The maximum atomic E-state index is 6.26. The molecule has 0 radical (unpaired) electrons. The van der Waals surface area contributed by atoms with E-state index in [4.69, 9.17) is 5.73 Å². The van der Waals surface area contributed by atoms with Gasteiger partial charge >= 0.3 is 0 Å². The third kappa shape index (κ3) is 1.62. The first kappa shape index (κ1) is 11.2. The van der Waals surface area contributed by atoms with Crippen molar-refractivity contribution in [2.24, 2.45) is 5.73 Å². The van der Waals surface area contributed by atoms with Crippen LogP contribution in [0.1, 0.15) is 28.3 Å². The maximum Gasteiger partial charge on any atom is 0.0557 e. The van der Waals surface area contributed by atoms with Crippen LogP contribution in [0.4, 0.5) is 0 Å². The van der Waals surface area contributed by atoms with E-state index in [1.165, 1.54) is 22.3 Å². The van der Waals surface area contributed by atoms with Gasteiger partial charge in [-0.25, -0.2) is 0 Å². The van der Waals surface area contributed by atoms with Gasteiger partial charge in [0, 0.05) is 0 Å². The van der Waals surface area contributed by atoms with Gasteiger partial charge < -0.3 is 5.73 Å². The zero-order chi connectivity index (χ0) is 10.3. The minimum Gasteiger partial charge on any atom is -0.320 e. The van der Waals surface area contributed by atoms with Crippen LogP contribution in [0, 0.1) is 0 Å². The van der Waals surface area contributed by atoms with Crippen molar-refractivity contribution in [3.63, 3.8) is 0 Å². The second kappa shape index (κ2) is 4.28. The summed E-state index contributed by atoms with van der Waals surface area (Å²) in [4.78, 5) is 0. The lowest BCUT2D eigenvalue weighted by atomic mass is 9.83. The average molecular weight is 232 g/mol. The Morgan fingerprint density at radius 1 is 0.812 bits per heavy atom. The molecule has 2 aromatic carbocycles. The lowest BCUT2D eigenvalue weighted by Gasteiger charge is -2.25. The summed E-state index contributed by atoms with van der Waals surface area (Å²) in [6.07, 6.45) is 1.01. The van der Waals surface area contributed by atoms with Crippen LogP contribution < -0.4 is 5.73 Å². The first-order chi connectivity index (χ1) is 7.36. The first-order valence-corrected chi connectivity index (χ1v) is 5.27. The van der Waals surface area contributed by atoms with Crippen LogP contribution in [0.5, 0.6) is 0 Å². The molecule has 2 aromatic rings. The van der Waals surface area contributed by atoms with E-state index in [1.807, 2.05) is 0 Å². The van der Waals surface area contributed by atoms with Gasteiger partial charge in [-0.05, 0) is 28.7 Å². The summed E-state index contributed by atoms with van der Waals surface area (Å²) in [6, 6.07) is 17.0. The zero-order valence-corrected chi connectivity index (χ0v) is 9.71. The Labute approximate surface area is 102 Å². The number of nitrogens with two attached hydrogens (primary N) is 1. The molecule has 0 aliphatic heterocycles. The summed E-state index contributed by atoms with van der Waals surface area (Å²) in [5.74, 6) is 0. The Bertz CT molecular complexity index is 462. The van der Waals surface area contributed by atoms with E-state index in [0.29, 0.717) is 0 Å². The standard InChI is InChI=1S/C14H13N.ClH/c15-14-12-7-3-1-5-10(12)9-11-6-2-4-8-13(11)14;/h1-8,14H,9,15H2;1H. The Morgan fingerprint density at radius 3 is 1.75 bits per heavy atom. The predicted molar refractivity (Wildman–Crippen MR) is 69.0 cm³/mol. The molecule has 82 valence electrons. The van der Waals surface area contributed by atoms with Gasteiger partial charge in [-0.2, -0.15) is 0 Å². The predicted octanol–water partition coefficient (Wildman–Crippen LogP) is 3.06. The molecule has 16 heavy (non-hydrogen) atoms. The highest BCUT2D eigenvalue weighted by atomic mass is 35.5. The fourth-order valence-electron chi connectivity index (χ4n) is 2.37. The molecular formula is C14H14ClN. The highest BCUT2D eigenvalue weighted by Gasteiger charge is 2.20. The van der Waals surface area contributed by atoms with Crippen molar-refractivity contribution >= 4 is 12.4 Å². The fourth-order valence-corrected chi connectivity index (χ4v) is 2.37. The largest absolute Gasteiger partial charge is 0.320 e. The fraction of sp³-hybridized carbons (Fsp3) is 0.143. The summed E-state index contributed by atoms with van der Waals surface area (Å²) in [6.45, 7) is 0. The van der Waals surface area contributed by atoms with Gasteiger partial charge in [0.25, 0.3) is 0 Å². The first-order valence-electron chi connectivity index (χ1n) is 5.27. The minimum absolute atomic E-state index is 0. The summed E-state index contributed by atoms with van der Waals surface area (Å²) >= 11 is 0. The van der Waals surface area contributed by atoms with E-state index >= 15 is 0 Å². The van der Waals surface area contributed by atoms with Crippen LogP contribution >= 0.6 is 12.4 Å². The van der Waals surface area contributed by atoms with E-state index in [9.17, 15) is 0 Å². The van der Waals surface area contributed by atoms with Crippen molar-refractivity contribution in [3.8, 4) is 0 Å². The number of hydrogen-bond donors (Lipinski definition) is 1. The smallest absolute Gasteiger partial charge is 0.0557 e. The van der Waals surface area contributed by atoms with Gasteiger partial charge in [0.15, 0.2) is 0 Å². The Kier molecular flexibility index (Phi) is 2.99. The van der Waals surface area contributed by atoms with Crippen LogP contribution in [0.15, 0.2) is 48.5 Å². The summed E-state index contributed by atoms with van der Waals surface area (Å²) < 4.78 is 0. The van der Waals surface area contributed by atoms with E-state index in [0.717, 1.165) is 6.42 Å². The molecule has 1 aliphatic rings. The van der Waals surface area contributed by atoms with E-state index in [1.54, 1.807) is 0 Å². The SMILES string of the molecule is Cl.NC1c2ccccc2Cc2ccccc21. The number of rotatable bonds is 0. The molecule has 0 spiro atoms. The van der Waals surface area contributed by atoms with Crippen LogP contribution in [0.3, 0.4) is 0 Å². The van der Waals surface area contributed by atoms with Gasteiger partial charge in [-0.15, -0.1) is 12.4 Å². The summed E-state index contributed by atoms with van der Waals surface area (Å²) in [7, 11) is 0. The molecule has 0 saturated heterocycles. The van der Waals surface area contributed by atoms with Crippen LogP contribution in [-0.4, -0.2) is 0 Å². The number of fused-ring (bicyclic) bond motifs is 2. The van der Waals surface area contributed by atoms with Crippen molar-refractivity contribution in [2.75, 3.05) is 0 Å². The van der Waals surface area contributed by atoms with Crippen LogP contribution in [-0.2, 0) is 6.42 Å². The molecule has 2 N–H and O–H groups in total. The molecule has 0 aromatic heterocycles. The molecule has 0 atom stereocenters. The summed E-state index contributed by atoms with van der Waals surface area (Å²) in [5.41, 5.74) is 11.5.